The summed E-state index contributed by atoms with van der Waals surface area (Å²) in [7, 11) is -3.88. The second kappa shape index (κ2) is 6.18. The Balaban J connectivity index is 1.78. The molecule has 2 aromatic rings. The number of benzene rings is 2. The fourth-order valence-electron chi connectivity index (χ4n) is 2.38. The molecule has 1 aliphatic heterocycles. The van der Waals surface area contributed by atoms with Crippen LogP contribution in [0.3, 0.4) is 0 Å². The Morgan fingerprint density at radius 2 is 1.64 bits per heavy atom. The summed E-state index contributed by atoms with van der Waals surface area (Å²) >= 11 is 0. The zero-order valence-corrected chi connectivity index (χ0v) is 13.9. The predicted molar refractivity (Wildman–Crippen MR) is 85.9 cm³/mol. The molecule has 8 heteroatoms. The van der Waals surface area contributed by atoms with Crippen LogP contribution in [0.15, 0.2) is 58.4 Å². The summed E-state index contributed by atoms with van der Waals surface area (Å²) in [5.41, 5.74) is 0.574. The van der Waals surface area contributed by atoms with Crippen molar-refractivity contribution in [2.75, 3.05) is 6.54 Å². The van der Waals surface area contributed by atoms with Crippen LogP contribution < -0.4 is 0 Å². The van der Waals surface area contributed by atoms with E-state index in [1.165, 1.54) is 24.3 Å². The molecule has 0 aliphatic carbocycles. The van der Waals surface area contributed by atoms with Crippen molar-refractivity contribution in [2.45, 2.75) is 24.1 Å². The Morgan fingerprint density at radius 3 is 2.20 bits per heavy atom. The van der Waals surface area contributed by atoms with Gasteiger partial charge in [-0.1, -0.05) is 29.8 Å². The third kappa shape index (κ3) is 3.53. The highest BCUT2D eigenvalue weighted by atomic mass is 32.2. The summed E-state index contributed by atoms with van der Waals surface area (Å²) in [6, 6.07) is 10.7. The van der Waals surface area contributed by atoms with Gasteiger partial charge in [0, 0.05) is 0 Å². The molecule has 0 saturated heterocycles. The number of hydrogen-bond donors (Lipinski definition) is 0. The van der Waals surface area contributed by atoms with Gasteiger partial charge in [-0.2, -0.15) is 13.2 Å². The molecule has 0 N–H and O–H groups in total. The molecule has 132 valence electrons. The molecule has 0 spiro atoms. The van der Waals surface area contributed by atoms with E-state index in [0.29, 0.717) is 5.56 Å². The third-order valence-electron chi connectivity index (χ3n) is 3.80. The van der Waals surface area contributed by atoms with Crippen molar-refractivity contribution in [1.82, 2.24) is 0 Å². The molecule has 1 heterocycles. The molecule has 3 rings (SSSR count). The topological polar surface area (TPSA) is 55.7 Å². The van der Waals surface area contributed by atoms with Gasteiger partial charge < -0.3 is 4.74 Å². The van der Waals surface area contributed by atoms with Gasteiger partial charge in [0.2, 0.25) is 0 Å². The first kappa shape index (κ1) is 17.5. The number of sulfone groups is 1. The molecule has 0 radical (unpaired) electrons. The minimum Gasteiger partial charge on any atom is -0.459 e. The number of rotatable bonds is 2. The highest BCUT2D eigenvalue weighted by molar-refractivity contribution is 8.06. The molecule has 1 unspecified atom stereocenters. The van der Waals surface area contributed by atoms with Crippen LogP contribution in [0.4, 0.5) is 13.2 Å². The standard InChI is InChI=1S/C17H14F3NO3S/c1-11-2-8-14(9-3-11)25(22,23)16-21-10-15(24-16)12-4-6-13(7-5-12)17(18,19)20/h2-9,15H,10H2,1H3. The van der Waals surface area contributed by atoms with Gasteiger partial charge in [-0.3, -0.25) is 0 Å². The van der Waals surface area contributed by atoms with Gasteiger partial charge in [0.15, 0.2) is 0 Å². The molecule has 4 nitrogen and oxygen atoms in total. The fourth-order valence-corrected chi connectivity index (χ4v) is 3.56. The number of aryl methyl sites for hydroxylation is 1. The smallest absolute Gasteiger partial charge is 0.416 e. The molecule has 0 saturated carbocycles. The van der Waals surface area contributed by atoms with Gasteiger partial charge in [-0.25, -0.2) is 13.4 Å². The van der Waals surface area contributed by atoms with Gasteiger partial charge in [-0.15, -0.1) is 0 Å². The minimum absolute atomic E-state index is 0.0335. The lowest BCUT2D eigenvalue weighted by Gasteiger charge is -2.13. The molecular formula is C17H14F3NO3S. The van der Waals surface area contributed by atoms with Gasteiger partial charge in [-0.05, 0) is 36.8 Å². The Morgan fingerprint density at radius 1 is 1.04 bits per heavy atom. The number of ether oxygens (including phenoxy) is 1. The maximum Gasteiger partial charge on any atom is 0.416 e. The van der Waals surface area contributed by atoms with Crippen LogP contribution in [0.5, 0.6) is 0 Å². The molecule has 2 aromatic carbocycles. The maximum absolute atomic E-state index is 12.6. The van der Waals surface area contributed by atoms with Crippen molar-refractivity contribution in [1.29, 1.82) is 0 Å². The Bertz CT molecular complexity index is 902. The highest BCUT2D eigenvalue weighted by Gasteiger charge is 2.34. The highest BCUT2D eigenvalue weighted by Crippen LogP contribution is 2.32. The van der Waals surface area contributed by atoms with Crippen LogP contribution in [0, 0.1) is 6.92 Å². The quantitative estimate of drug-likeness (QED) is 0.806. The summed E-state index contributed by atoms with van der Waals surface area (Å²) in [4.78, 5) is 3.98. The van der Waals surface area contributed by atoms with Crippen LogP contribution in [-0.2, 0) is 20.8 Å². The molecule has 1 aliphatic rings. The summed E-state index contributed by atoms with van der Waals surface area (Å²) < 4.78 is 68.2. The van der Waals surface area contributed by atoms with E-state index >= 15 is 0 Å². The fraction of sp³-hybridized carbons (Fsp3) is 0.235. The number of alkyl halides is 3. The van der Waals surface area contributed by atoms with E-state index in [9.17, 15) is 21.6 Å². The van der Waals surface area contributed by atoms with Gasteiger partial charge >= 0.3 is 11.4 Å². The lowest BCUT2D eigenvalue weighted by atomic mass is 10.1. The average molecular weight is 369 g/mol. The van der Waals surface area contributed by atoms with Crippen molar-refractivity contribution < 1.29 is 26.3 Å². The van der Waals surface area contributed by atoms with E-state index in [2.05, 4.69) is 4.99 Å². The zero-order chi connectivity index (χ0) is 18.2. The van der Waals surface area contributed by atoms with Crippen molar-refractivity contribution in [3.63, 3.8) is 0 Å². The summed E-state index contributed by atoms with van der Waals surface area (Å²) in [6.07, 6.45) is -5.15. The largest absolute Gasteiger partial charge is 0.459 e. The SMILES string of the molecule is Cc1ccc(S(=O)(=O)C2=NCC(c3ccc(C(F)(F)F)cc3)O2)cc1. The number of halogens is 3. The van der Waals surface area contributed by atoms with E-state index in [1.54, 1.807) is 12.1 Å². The van der Waals surface area contributed by atoms with Gasteiger partial charge in [0.25, 0.3) is 9.84 Å². The van der Waals surface area contributed by atoms with E-state index < -0.39 is 32.9 Å². The third-order valence-corrected chi connectivity index (χ3v) is 5.38. The van der Waals surface area contributed by atoms with E-state index in [1.807, 2.05) is 6.92 Å². The van der Waals surface area contributed by atoms with Crippen molar-refractivity contribution in [2.24, 2.45) is 4.99 Å². The number of aliphatic imine (C=N–C) groups is 1. The van der Waals surface area contributed by atoms with E-state index in [0.717, 1.165) is 17.7 Å². The summed E-state index contributed by atoms with van der Waals surface area (Å²) in [6.45, 7) is 1.87. The first-order valence-corrected chi connectivity index (χ1v) is 8.86. The van der Waals surface area contributed by atoms with Crippen molar-refractivity contribution in [3.8, 4) is 0 Å². The zero-order valence-electron chi connectivity index (χ0n) is 13.1. The summed E-state index contributed by atoms with van der Waals surface area (Å²) in [5.74, 6) is 0. The van der Waals surface area contributed by atoms with E-state index in [4.69, 9.17) is 4.74 Å². The summed E-state index contributed by atoms with van der Waals surface area (Å²) in [5, 5.41) is -0.416. The lowest BCUT2D eigenvalue weighted by Crippen LogP contribution is -2.16. The Hall–Kier alpha value is -2.35. The second-order valence-corrected chi connectivity index (χ2v) is 7.48. The van der Waals surface area contributed by atoms with Crippen molar-refractivity contribution in [3.05, 3.63) is 65.2 Å². The van der Waals surface area contributed by atoms with Crippen molar-refractivity contribution >= 4 is 15.1 Å². The Labute approximate surface area is 142 Å². The van der Waals surface area contributed by atoms with Crippen LogP contribution in [0.1, 0.15) is 22.8 Å². The first-order chi connectivity index (χ1) is 11.7. The molecule has 0 bridgehead atoms. The Kier molecular flexibility index (Phi) is 4.32. The molecule has 1 atom stereocenters. The van der Waals surface area contributed by atoms with Gasteiger partial charge in [0.1, 0.15) is 6.10 Å². The van der Waals surface area contributed by atoms with Crippen LogP contribution in [0.2, 0.25) is 0 Å². The van der Waals surface area contributed by atoms with Crippen LogP contribution in [0.25, 0.3) is 0 Å². The van der Waals surface area contributed by atoms with Crippen LogP contribution in [-0.4, -0.2) is 20.2 Å². The minimum atomic E-state index is -4.43. The molecule has 25 heavy (non-hydrogen) atoms. The maximum atomic E-state index is 12.6. The normalized spacial score (nSPS) is 17.9. The predicted octanol–water partition coefficient (Wildman–Crippen LogP) is 3.92. The number of hydrogen-bond acceptors (Lipinski definition) is 4. The first-order valence-electron chi connectivity index (χ1n) is 7.38. The van der Waals surface area contributed by atoms with Gasteiger partial charge in [0.05, 0.1) is 17.0 Å². The monoisotopic (exact) mass is 369 g/mol. The molecular weight excluding hydrogens is 355 g/mol. The second-order valence-electron chi connectivity index (χ2n) is 5.65. The lowest BCUT2D eigenvalue weighted by molar-refractivity contribution is -0.137. The molecule has 0 amide bonds. The number of nitrogens with zero attached hydrogens (tertiary/aromatic N) is 1. The van der Waals surface area contributed by atoms with Crippen LogP contribution >= 0.6 is 0 Å². The average Bonchev–Trinajstić information content (AvgIpc) is 3.05. The van der Waals surface area contributed by atoms with E-state index in [-0.39, 0.29) is 11.4 Å². The molecule has 0 fully saturated rings. The molecule has 0 aromatic heterocycles.